The summed E-state index contributed by atoms with van der Waals surface area (Å²) in [4.78, 5) is 18.7. The molecule has 2 aliphatic rings. The predicted octanol–water partition coefficient (Wildman–Crippen LogP) is 1.57. The number of amides is 1. The standard InChI is InChI=1S/C18H16N4O2/c19-7-12-1-3-13(4-2-12)15-10-21-11-16-17(15)24-6-5-22(16)18(23)14-8-20-9-14/h1-4,10-11,14,20H,5-6,8-9H2. The second-order valence-electron chi connectivity index (χ2n) is 5.92. The van der Waals surface area contributed by atoms with Crippen molar-refractivity contribution in [1.82, 2.24) is 10.3 Å². The van der Waals surface area contributed by atoms with E-state index in [0.29, 0.717) is 24.5 Å². The van der Waals surface area contributed by atoms with E-state index < -0.39 is 0 Å². The molecule has 0 bridgehead atoms. The first-order valence-electron chi connectivity index (χ1n) is 7.91. The molecule has 0 atom stereocenters. The molecule has 0 spiro atoms. The van der Waals surface area contributed by atoms with Crippen LogP contribution in [0.5, 0.6) is 5.75 Å². The minimum absolute atomic E-state index is 0.0366. The molecule has 1 aromatic carbocycles. The van der Waals surface area contributed by atoms with Gasteiger partial charge in [0, 0.05) is 24.8 Å². The van der Waals surface area contributed by atoms with E-state index >= 15 is 0 Å². The third-order valence-corrected chi connectivity index (χ3v) is 4.45. The Morgan fingerprint density at radius 3 is 2.75 bits per heavy atom. The van der Waals surface area contributed by atoms with E-state index in [2.05, 4.69) is 16.4 Å². The van der Waals surface area contributed by atoms with Crippen LogP contribution in [0.25, 0.3) is 11.1 Å². The summed E-state index contributed by atoms with van der Waals surface area (Å²) >= 11 is 0. The van der Waals surface area contributed by atoms with Crippen LogP contribution in [0, 0.1) is 17.2 Å². The summed E-state index contributed by atoms with van der Waals surface area (Å²) in [5.41, 5.74) is 3.07. The second kappa shape index (κ2) is 5.95. The van der Waals surface area contributed by atoms with Gasteiger partial charge < -0.3 is 15.0 Å². The summed E-state index contributed by atoms with van der Waals surface area (Å²) in [5.74, 6) is 0.841. The van der Waals surface area contributed by atoms with Gasteiger partial charge in [-0.1, -0.05) is 12.1 Å². The number of hydrogen-bond donors (Lipinski definition) is 1. The quantitative estimate of drug-likeness (QED) is 0.908. The average molecular weight is 320 g/mol. The maximum absolute atomic E-state index is 12.6. The van der Waals surface area contributed by atoms with Crippen LogP contribution < -0.4 is 15.0 Å². The van der Waals surface area contributed by atoms with E-state index in [1.54, 1.807) is 29.4 Å². The van der Waals surface area contributed by atoms with Crippen molar-refractivity contribution in [2.75, 3.05) is 31.1 Å². The van der Waals surface area contributed by atoms with Crippen molar-refractivity contribution in [2.24, 2.45) is 5.92 Å². The van der Waals surface area contributed by atoms with Crippen molar-refractivity contribution in [3.8, 4) is 22.9 Å². The van der Waals surface area contributed by atoms with E-state index in [9.17, 15) is 4.79 Å². The number of fused-ring (bicyclic) bond motifs is 1. The number of carbonyl (C=O) groups is 1. The van der Waals surface area contributed by atoms with Crippen molar-refractivity contribution in [3.63, 3.8) is 0 Å². The number of benzene rings is 1. The molecule has 0 aliphatic carbocycles. The minimum Gasteiger partial charge on any atom is -0.489 e. The Bertz CT molecular complexity index is 822. The van der Waals surface area contributed by atoms with Gasteiger partial charge in [0.15, 0.2) is 5.75 Å². The van der Waals surface area contributed by atoms with E-state index in [-0.39, 0.29) is 11.8 Å². The monoisotopic (exact) mass is 320 g/mol. The van der Waals surface area contributed by atoms with Gasteiger partial charge in [0.1, 0.15) is 12.3 Å². The number of anilines is 1. The van der Waals surface area contributed by atoms with Crippen LogP contribution in [0.3, 0.4) is 0 Å². The van der Waals surface area contributed by atoms with Gasteiger partial charge in [0.25, 0.3) is 0 Å². The fourth-order valence-corrected chi connectivity index (χ4v) is 2.98. The SMILES string of the molecule is N#Cc1ccc(-c2cncc3c2OCCN3C(=O)C2CNC2)cc1. The minimum atomic E-state index is 0.0366. The average Bonchev–Trinajstić information content (AvgIpc) is 2.59. The molecule has 2 aliphatic heterocycles. The van der Waals surface area contributed by atoms with Crippen molar-refractivity contribution in [1.29, 1.82) is 5.26 Å². The Balaban J connectivity index is 1.73. The molecule has 6 nitrogen and oxygen atoms in total. The molecule has 24 heavy (non-hydrogen) atoms. The van der Waals surface area contributed by atoms with Crippen LogP contribution in [0.4, 0.5) is 5.69 Å². The first-order valence-corrected chi connectivity index (χ1v) is 7.91. The number of rotatable bonds is 2. The molecule has 3 heterocycles. The fraction of sp³-hybridized carbons (Fsp3) is 0.278. The Morgan fingerprint density at radius 2 is 2.08 bits per heavy atom. The smallest absolute Gasteiger partial charge is 0.232 e. The lowest BCUT2D eigenvalue weighted by molar-refractivity contribution is -0.124. The Labute approximate surface area is 139 Å². The van der Waals surface area contributed by atoms with Gasteiger partial charge in [-0.15, -0.1) is 0 Å². The first kappa shape index (κ1) is 14.7. The third kappa shape index (κ3) is 2.39. The van der Waals surface area contributed by atoms with Gasteiger partial charge in [-0.2, -0.15) is 5.26 Å². The highest BCUT2D eigenvalue weighted by Gasteiger charge is 2.33. The summed E-state index contributed by atoms with van der Waals surface area (Å²) < 4.78 is 5.86. The van der Waals surface area contributed by atoms with E-state index in [1.807, 2.05) is 12.1 Å². The number of aromatic nitrogens is 1. The van der Waals surface area contributed by atoms with E-state index in [0.717, 1.165) is 29.9 Å². The largest absolute Gasteiger partial charge is 0.489 e. The van der Waals surface area contributed by atoms with Gasteiger partial charge >= 0.3 is 0 Å². The van der Waals surface area contributed by atoms with Crippen LogP contribution in [-0.2, 0) is 4.79 Å². The lowest BCUT2D eigenvalue weighted by Crippen LogP contribution is -2.53. The highest BCUT2D eigenvalue weighted by atomic mass is 16.5. The second-order valence-corrected chi connectivity index (χ2v) is 5.92. The molecule has 1 N–H and O–H groups in total. The molecule has 0 radical (unpaired) electrons. The number of carbonyl (C=O) groups excluding carboxylic acids is 1. The number of nitriles is 1. The number of ether oxygens (including phenoxy) is 1. The summed E-state index contributed by atoms with van der Waals surface area (Å²) in [5, 5.41) is 12.1. The van der Waals surface area contributed by atoms with Gasteiger partial charge in [0.05, 0.1) is 30.3 Å². The molecule has 1 aromatic heterocycles. The third-order valence-electron chi connectivity index (χ3n) is 4.45. The molecular formula is C18H16N4O2. The highest BCUT2D eigenvalue weighted by Crippen LogP contribution is 2.40. The summed E-state index contributed by atoms with van der Waals surface area (Å²) in [6.45, 7) is 2.47. The lowest BCUT2D eigenvalue weighted by atomic mass is 10.00. The summed E-state index contributed by atoms with van der Waals surface area (Å²) in [6.07, 6.45) is 3.42. The Hall–Kier alpha value is -2.91. The molecule has 1 saturated heterocycles. The van der Waals surface area contributed by atoms with Crippen molar-refractivity contribution < 1.29 is 9.53 Å². The van der Waals surface area contributed by atoms with Crippen LogP contribution >= 0.6 is 0 Å². The van der Waals surface area contributed by atoms with Crippen LogP contribution in [0.1, 0.15) is 5.56 Å². The molecule has 0 unspecified atom stereocenters. The van der Waals surface area contributed by atoms with Crippen LogP contribution in [0.15, 0.2) is 36.7 Å². The van der Waals surface area contributed by atoms with Gasteiger partial charge in [-0.05, 0) is 17.7 Å². The summed E-state index contributed by atoms with van der Waals surface area (Å²) in [6, 6.07) is 9.38. The lowest BCUT2D eigenvalue weighted by Gasteiger charge is -2.35. The van der Waals surface area contributed by atoms with E-state index in [1.165, 1.54) is 0 Å². The maximum atomic E-state index is 12.6. The molecular weight excluding hydrogens is 304 g/mol. The normalized spacial score (nSPS) is 16.5. The topological polar surface area (TPSA) is 78.2 Å². The van der Waals surface area contributed by atoms with Crippen LogP contribution in [-0.4, -0.2) is 37.1 Å². The molecule has 1 fully saturated rings. The number of pyridine rings is 1. The number of hydrogen-bond acceptors (Lipinski definition) is 5. The highest BCUT2D eigenvalue weighted by molar-refractivity contribution is 5.98. The maximum Gasteiger partial charge on any atom is 0.232 e. The molecule has 2 aromatic rings. The number of nitrogens with zero attached hydrogens (tertiary/aromatic N) is 3. The predicted molar refractivity (Wildman–Crippen MR) is 88.6 cm³/mol. The summed E-state index contributed by atoms with van der Waals surface area (Å²) in [7, 11) is 0. The van der Waals surface area contributed by atoms with Gasteiger partial charge in [-0.25, -0.2) is 0 Å². The van der Waals surface area contributed by atoms with Crippen molar-refractivity contribution in [3.05, 3.63) is 42.2 Å². The zero-order valence-corrected chi connectivity index (χ0v) is 13.0. The first-order chi connectivity index (χ1) is 11.8. The molecule has 6 heteroatoms. The Morgan fingerprint density at radius 1 is 1.29 bits per heavy atom. The molecule has 120 valence electrons. The van der Waals surface area contributed by atoms with Gasteiger partial charge in [0.2, 0.25) is 5.91 Å². The fourth-order valence-electron chi connectivity index (χ4n) is 2.98. The number of nitrogens with one attached hydrogen (secondary N) is 1. The molecule has 0 saturated carbocycles. The van der Waals surface area contributed by atoms with Crippen molar-refractivity contribution in [2.45, 2.75) is 0 Å². The molecule has 1 amide bonds. The molecule has 4 rings (SSSR count). The van der Waals surface area contributed by atoms with E-state index in [4.69, 9.17) is 10.00 Å². The Kier molecular flexibility index (Phi) is 3.63. The van der Waals surface area contributed by atoms with Crippen LogP contribution in [0.2, 0.25) is 0 Å². The van der Waals surface area contributed by atoms with Gasteiger partial charge in [-0.3, -0.25) is 9.78 Å². The zero-order chi connectivity index (χ0) is 16.5. The zero-order valence-electron chi connectivity index (χ0n) is 13.0. The van der Waals surface area contributed by atoms with Crippen molar-refractivity contribution >= 4 is 11.6 Å².